The van der Waals surface area contributed by atoms with Crippen LogP contribution in [0, 0.1) is 10.4 Å². The minimum Gasteiger partial charge on any atom is -0.618 e. The zero-order valence-corrected chi connectivity index (χ0v) is 18.5. The molecule has 9 heteroatoms. The van der Waals surface area contributed by atoms with E-state index in [1.54, 1.807) is 36.4 Å². The molecule has 6 nitrogen and oxygen atoms in total. The van der Waals surface area contributed by atoms with Gasteiger partial charge in [0.15, 0.2) is 23.9 Å². The molecule has 4 rings (SSSR count). The second-order valence-electron chi connectivity index (χ2n) is 5.92. The van der Waals surface area contributed by atoms with Crippen molar-refractivity contribution in [1.29, 1.82) is 0 Å². The molecule has 2 aromatic heterocycles. The first-order chi connectivity index (χ1) is 14.5. The van der Waals surface area contributed by atoms with E-state index in [1.807, 2.05) is 35.0 Å². The van der Waals surface area contributed by atoms with Gasteiger partial charge < -0.3 is 20.6 Å². The number of phenols is 2. The number of benzene rings is 2. The van der Waals surface area contributed by atoms with Crippen molar-refractivity contribution in [3.8, 4) is 11.5 Å². The molecule has 4 aromatic rings. The third-order valence-electron chi connectivity index (χ3n) is 3.81. The van der Waals surface area contributed by atoms with E-state index >= 15 is 0 Å². The van der Waals surface area contributed by atoms with E-state index in [0.29, 0.717) is 9.48 Å². The van der Waals surface area contributed by atoms with Gasteiger partial charge in [-0.25, -0.2) is 0 Å². The number of rotatable bonds is 4. The molecule has 2 N–H and O–H groups in total. The summed E-state index contributed by atoms with van der Waals surface area (Å²) in [5.41, 5.74) is 0.511. The molecule has 1 radical (unpaired) electrons. The third-order valence-corrected chi connectivity index (χ3v) is 5.43. The quantitative estimate of drug-likeness (QED) is 0.128. The Morgan fingerprint density at radius 1 is 0.613 bits per heavy atom. The van der Waals surface area contributed by atoms with Crippen molar-refractivity contribution in [3.63, 3.8) is 0 Å². The van der Waals surface area contributed by atoms with Crippen LogP contribution < -0.4 is 0 Å². The molecule has 0 aliphatic heterocycles. The van der Waals surface area contributed by atoms with Gasteiger partial charge in [0.25, 0.3) is 11.4 Å². The maximum Gasteiger partial charge on any atom is 0.258 e. The number of nitrogens with zero attached hydrogens (tertiary/aromatic N) is 2. The molecule has 0 spiro atoms. The maximum absolute atomic E-state index is 11.6. The van der Waals surface area contributed by atoms with E-state index in [2.05, 4.69) is 0 Å². The van der Waals surface area contributed by atoms with Crippen molar-refractivity contribution in [2.75, 3.05) is 0 Å². The van der Waals surface area contributed by atoms with Crippen LogP contribution in [0.15, 0.2) is 83.6 Å². The number of hydrogen-bond acceptors (Lipinski definition) is 6. The number of hydrogen-bond donors (Lipinski definition) is 2. The van der Waals surface area contributed by atoms with E-state index in [0.717, 1.165) is 9.75 Å². The summed E-state index contributed by atoms with van der Waals surface area (Å²) in [6, 6.07) is 20.3. The molecule has 0 saturated heterocycles. The molecule has 0 aliphatic carbocycles. The topological polar surface area (TPSA) is 92.6 Å². The van der Waals surface area contributed by atoms with Crippen molar-refractivity contribution in [2.24, 2.45) is 0 Å². The molecule has 2 aromatic carbocycles. The zero-order valence-electron chi connectivity index (χ0n) is 16.0. The summed E-state index contributed by atoms with van der Waals surface area (Å²) >= 11 is 2.95. The Morgan fingerprint density at radius 2 is 1.00 bits per heavy atom. The fraction of sp³-hybridized carbons (Fsp3) is 0. The van der Waals surface area contributed by atoms with Crippen LogP contribution >= 0.6 is 22.7 Å². The van der Waals surface area contributed by atoms with Crippen molar-refractivity contribution >= 4 is 46.5 Å². The molecule has 0 saturated carbocycles. The Hall–Kier alpha value is -3.10. The number of para-hydroxylation sites is 4. The van der Waals surface area contributed by atoms with E-state index in [1.165, 1.54) is 47.2 Å². The molecule has 163 valence electrons. The van der Waals surface area contributed by atoms with Gasteiger partial charge in [-0.15, -0.1) is 22.7 Å². The molecule has 0 amide bonds. The molecular formula is C22H18CuN2O4S2. The molecule has 2 heterocycles. The average molecular weight is 502 g/mol. The molecule has 0 aliphatic rings. The van der Waals surface area contributed by atoms with E-state index < -0.39 is 0 Å². The Bertz CT molecular complexity index is 1050. The van der Waals surface area contributed by atoms with Crippen LogP contribution in [0.25, 0.3) is 0 Å². The van der Waals surface area contributed by atoms with Crippen LogP contribution in [0.3, 0.4) is 0 Å². The zero-order chi connectivity index (χ0) is 21.3. The van der Waals surface area contributed by atoms with Crippen molar-refractivity contribution < 1.29 is 36.8 Å². The van der Waals surface area contributed by atoms with E-state index in [4.69, 9.17) is 0 Å². The maximum atomic E-state index is 11.6. The standard InChI is InChI=1S/2C11H9NO2S.Cu/c2*13-11-6-2-1-5-10(11)12(14)8-9-4-3-7-15-9;/h2*1-8,13H;/b2*12-8-;. The van der Waals surface area contributed by atoms with Crippen LogP contribution in [0.1, 0.15) is 9.75 Å². The van der Waals surface area contributed by atoms with Gasteiger partial charge in [-0.1, -0.05) is 36.4 Å². The SMILES string of the molecule is [Cu].[O-]/[N+](=C\c1cccs1)c1ccccc1O.[O-]/[N+](=C\c1cccs1)c1ccccc1O. The van der Waals surface area contributed by atoms with Crippen molar-refractivity contribution in [1.82, 2.24) is 0 Å². The molecule has 0 bridgehead atoms. The van der Waals surface area contributed by atoms with Gasteiger partial charge in [0.1, 0.15) is 0 Å². The summed E-state index contributed by atoms with van der Waals surface area (Å²) in [6.07, 6.45) is 2.89. The van der Waals surface area contributed by atoms with Gasteiger partial charge in [0.2, 0.25) is 0 Å². The Labute approximate surface area is 198 Å². The molecule has 0 fully saturated rings. The predicted octanol–water partition coefficient (Wildman–Crippen LogP) is 5.43. The summed E-state index contributed by atoms with van der Waals surface area (Å²) in [5, 5.41) is 46.0. The number of aromatic hydroxyl groups is 2. The van der Waals surface area contributed by atoms with E-state index in [9.17, 15) is 20.6 Å². The Morgan fingerprint density at radius 3 is 1.32 bits per heavy atom. The van der Waals surface area contributed by atoms with Crippen LogP contribution in [-0.4, -0.2) is 32.1 Å². The minimum absolute atomic E-state index is 0. The van der Waals surface area contributed by atoms with Crippen LogP contribution in [-0.2, 0) is 17.1 Å². The molecule has 0 unspecified atom stereocenters. The summed E-state index contributed by atoms with van der Waals surface area (Å²) in [5.74, 6) is -0.0272. The van der Waals surface area contributed by atoms with Crippen molar-refractivity contribution in [3.05, 3.63) is 104 Å². The second kappa shape index (κ2) is 11.9. The first-order valence-corrected chi connectivity index (χ1v) is 10.6. The Kier molecular flexibility index (Phi) is 9.30. The summed E-state index contributed by atoms with van der Waals surface area (Å²) in [4.78, 5) is 1.71. The fourth-order valence-electron chi connectivity index (χ4n) is 2.40. The molecular weight excluding hydrogens is 484 g/mol. The monoisotopic (exact) mass is 501 g/mol. The number of thiophene rings is 2. The van der Waals surface area contributed by atoms with E-state index in [-0.39, 0.29) is 39.9 Å². The van der Waals surface area contributed by atoms with Gasteiger partial charge in [-0.05, 0) is 35.0 Å². The smallest absolute Gasteiger partial charge is 0.258 e. The largest absolute Gasteiger partial charge is 0.618 e. The minimum atomic E-state index is -0.0136. The van der Waals surface area contributed by atoms with Gasteiger partial charge in [0.05, 0.1) is 9.75 Å². The van der Waals surface area contributed by atoms with Gasteiger partial charge >= 0.3 is 0 Å². The summed E-state index contributed by atoms with van der Waals surface area (Å²) in [6.45, 7) is 0. The van der Waals surface area contributed by atoms with Crippen molar-refractivity contribution in [2.45, 2.75) is 0 Å². The summed E-state index contributed by atoms with van der Waals surface area (Å²) in [7, 11) is 0. The molecule has 0 atom stereocenters. The van der Waals surface area contributed by atoms with Gasteiger partial charge in [-0.2, -0.15) is 9.48 Å². The average Bonchev–Trinajstić information content (AvgIpc) is 3.43. The third kappa shape index (κ3) is 6.97. The Balaban J connectivity index is 0.000000213. The fourth-order valence-corrected chi connectivity index (χ4v) is 3.66. The van der Waals surface area contributed by atoms with Crippen LogP contribution in [0.2, 0.25) is 0 Å². The number of phenolic OH excluding ortho intramolecular Hbond substituents is 2. The van der Waals surface area contributed by atoms with Crippen LogP contribution in [0.5, 0.6) is 11.5 Å². The summed E-state index contributed by atoms with van der Waals surface area (Å²) < 4.78 is 1.34. The molecule has 31 heavy (non-hydrogen) atoms. The van der Waals surface area contributed by atoms with Gasteiger partial charge in [-0.3, -0.25) is 0 Å². The first kappa shape index (κ1) is 24.2. The predicted molar refractivity (Wildman–Crippen MR) is 122 cm³/mol. The second-order valence-corrected chi connectivity index (χ2v) is 7.88. The first-order valence-electron chi connectivity index (χ1n) is 8.80. The van der Waals surface area contributed by atoms with Crippen LogP contribution in [0.4, 0.5) is 11.4 Å². The normalized spacial score (nSPS) is 11.2. The van der Waals surface area contributed by atoms with Gasteiger partial charge in [0, 0.05) is 29.2 Å².